The van der Waals surface area contributed by atoms with Crippen LogP contribution in [0.15, 0.2) is 23.4 Å². The van der Waals surface area contributed by atoms with E-state index in [0.717, 1.165) is 30.5 Å². The third-order valence-electron chi connectivity index (χ3n) is 4.66. The lowest BCUT2D eigenvalue weighted by Gasteiger charge is -2.40. The Labute approximate surface area is 150 Å². The SMILES string of the molecule is CSc1nnc2c(n1)OC1(CCCC(C)C1)Nc1ccc(Cl)cc1-2. The highest BCUT2D eigenvalue weighted by atomic mass is 35.5. The van der Waals surface area contributed by atoms with E-state index in [2.05, 4.69) is 27.4 Å². The molecule has 1 aromatic heterocycles. The molecular formula is C17H19ClN4OS. The number of rotatable bonds is 1. The number of anilines is 1. The van der Waals surface area contributed by atoms with Gasteiger partial charge in [-0.25, -0.2) is 0 Å². The highest BCUT2D eigenvalue weighted by Gasteiger charge is 2.41. The van der Waals surface area contributed by atoms with Crippen molar-refractivity contribution in [3.8, 4) is 17.1 Å². The summed E-state index contributed by atoms with van der Waals surface area (Å²) in [6.07, 6.45) is 6.16. The van der Waals surface area contributed by atoms with E-state index in [1.54, 1.807) is 0 Å². The zero-order valence-corrected chi connectivity index (χ0v) is 15.2. The van der Waals surface area contributed by atoms with Gasteiger partial charge in [-0.3, -0.25) is 0 Å². The lowest BCUT2D eigenvalue weighted by Crippen LogP contribution is -2.47. The summed E-state index contributed by atoms with van der Waals surface area (Å²) < 4.78 is 6.44. The largest absolute Gasteiger partial charge is 0.449 e. The maximum Gasteiger partial charge on any atom is 0.247 e. The van der Waals surface area contributed by atoms with Crippen molar-refractivity contribution in [1.82, 2.24) is 15.2 Å². The van der Waals surface area contributed by atoms with Crippen molar-refractivity contribution in [1.29, 1.82) is 0 Å². The minimum absolute atomic E-state index is 0.447. The Hall–Kier alpha value is -1.53. The standard InChI is InChI=1S/C17H19ClN4OS/c1-10-4-3-7-17(9-10)20-13-6-5-11(18)8-12(13)14-15(23-17)19-16(24-2)22-21-14/h5-6,8,10,20H,3-4,7,9H2,1-2H3. The Morgan fingerprint density at radius 3 is 3.04 bits per heavy atom. The van der Waals surface area contributed by atoms with Crippen molar-refractivity contribution < 1.29 is 4.74 Å². The van der Waals surface area contributed by atoms with Gasteiger partial charge in [0, 0.05) is 29.1 Å². The van der Waals surface area contributed by atoms with Gasteiger partial charge in [-0.05, 0) is 36.8 Å². The summed E-state index contributed by atoms with van der Waals surface area (Å²) in [5.41, 5.74) is 2.06. The van der Waals surface area contributed by atoms with Crippen LogP contribution < -0.4 is 10.1 Å². The van der Waals surface area contributed by atoms with Crippen LogP contribution in [-0.4, -0.2) is 27.2 Å². The van der Waals surface area contributed by atoms with Crippen molar-refractivity contribution in [2.24, 2.45) is 5.92 Å². The van der Waals surface area contributed by atoms with Crippen molar-refractivity contribution >= 4 is 29.1 Å². The summed E-state index contributed by atoms with van der Waals surface area (Å²) in [5, 5.41) is 13.4. The van der Waals surface area contributed by atoms with Crippen LogP contribution in [0.5, 0.6) is 5.88 Å². The van der Waals surface area contributed by atoms with Crippen LogP contribution in [0.4, 0.5) is 5.69 Å². The first-order valence-electron chi connectivity index (χ1n) is 8.14. The van der Waals surface area contributed by atoms with E-state index < -0.39 is 5.72 Å². The van der Waals surface area contributed by atoms with Crippen molar-refractivity contribution in [2.75, 3.05) is 11.6 Å². The molecule has 0 radical (unpaired) electrons. The van der Waals surface area contributed by atoms with Gasteiger partial charge in [-0.2, -0.15) is 4.98 Å². The van der Waals surface area contributed by atoms with E-state index in [9.17, 15) is 0 Å². The molecule has 1 fully saturated rings. The summed E-state index contributed by atoms with van der Waals surface area (Å²) in [6.45, 7) is 2.27. The van der Waals surface area contributed by atoms with Gasteiger partial charge < -0.3 is 10.1 Å². The zero-order chi connectivity index (χ0) is 16.7. The fraction of sp³-hybridized carbons (Fsp3) is 0.471. The molecule has 1 aliphatic carbocycles. The molecular weight excluding hydrogens is 344 g/mol. The maximum atomic E-state index is 6.44. The van der Waals surface area contributed by atoms with Crippen LogP contribution >= 0.6 is 23.4 Å². The van der Waals surface area contributed by atoms with Gasteiger partial charge >= 0.3 is 0 Å². The lowest BCUT2D eigenvalue weighted by atomic mass is 9.84. The molecule has 2 heterocycles. The normalized spacial score (nSPS) is 25.2. The first kappa shape index (κ1) is 16.0. The van der Waals surface area contributed by atoms with E-state index in [0.29, 0.717) is 27.7 Å². The number of hydrogen-bond donors (Lipinski definition) is 1. The molecule has 2 aliphatic rings. The molecule has 2 atom stereocenters. The molecule has 4 rings (SSSR count). The number of halogens is 1. The minimum Gasteiger partial charge on any atom is -0.449 e. The Morgan fingerprint density at radius 1 is 1.38 bits per heavy atom. The van der Waals surface area contributed by atoms with Crippen molar-refractivity contribution in [2.45, 2.75) is 43.5 Å². The molecule has 0 bridgehead atoms. The second kappa shape index (κ2) is 6.08. The van der Waals surface area contributed by atoms with E-state index in [1.807, 2.05) is 24.5 Å². The highest BCUT2D eigenvalue weighted by molar-refractivity contribution is 7.98. The molecule has 1 saturated carbocycles. The lowest BCUT2D eigenvalue weighted by molar-refractivity contribution is 0.0343. The van der Waals surface area contributed by atoms with Gasteiger partial charge in [0.1, 0.15) is 0 Å². The number of hydrogen-bond acceptors (Lipinski definition) is 6. The first-order valence-corrected chi connectivity index (χ1v) is 9.75. The summed E-state index contributed by atoms with van der Waals surface area (Å²) >= 11 is 7.67. The highest BCUT2D eigenvalue weighted by Crippen LogP contribution is 2.45. The number of fused-ring (bicyclic) bond motifs is 3. The Morgan fingerprint density at radius 2 is 2.25 bits per heavy atom. The molecule has 0 amide bonds. The van der Waals surface area contributed by atoms with Crippen LogP contribution in [0.25, 0.3) is 11.3 Å². The predicted octanol–water partition coefficient (Wildman–Crippen LogP) is 4.62. The number of nitrogens with zero attached hydrogens (tertiary/aromatic N) is 3. The van der Waals surface area contributed by atoms with E-state index in [1.165, 1.54) is 18.2 Å². The van der Waals surface area contributed by atoms with Crippen LogP contribution in [0, 0.1) is 5.92 Å². The van der Waals surface area contributed by atoms with Gasteiger partial charge in [0.15, 0.2) is 11.4 Å². The molecule has 1 N–H and O–H groups in total. The van der Waals surface area contributed by atoms with Gasteiger partial charge in [0.05, 0.1) is 0 Å². The molecule has 7 heteroatoms. The smallest absolute Gasteiger partial charge is 0.247 e. The number of nitrogens with one attached hydrogen (secondary N) is 1. The van der Waals surface area contributed by atoms with Crippen LogP contribution in [0.2, 0.25) is 5.02 Å². The topological polar surface area (TPSA) is 59.9 Å². The first-order chi connectivity index (χ1) is 11.6. The summed E-state index contributed by atoms with van der Waals surface area (Å²) in [6, 6.07) is 5.77. The minimum atomic E-state index is -0.447. The summed E-state index contributed by atoms with van der Waals surface area (Å²) in [7, 11) is 0. The average molecular weight is 363 g/mol. The zero-order valence-electron chi connectivity index (χ0n) is 13.7. The van der Waals surface area contributed by atoms with E-state index in [4.69, 9.17) is 16.3 Å². The molecule has 2 unspecified atom stereocenters. The quantitative estimate of drug-likeness (QED) is 0.746. The molecule has 126 valence electrons. The number of benzene rings is 1. The Kier molecular flexibility index (Phi) is 4.04. The van der Waals surface area contributed by atoms with Gasteiger partial charge in [-0.1, -0.05) is 36.7 Å². The third-order valence-corrected chi connectivity index (χ3v) is 5.44. The molecule has 1 aromatic carbocycles. The van der Waals surface area contributed by atoms with Gasteiger partial charge in [0.25, 0.3) is 0 Å². The Balaban J connectivity index is 1.89. The van der Waals surface area contributed by atoms with Crippen molar-refractivity contribution in [3.63, 3.8) is 0 Å². The number of aromatic nitrogens is 3. The number of ether oxygens (including phenoxy) is 1. The van der Waals surface area contributed by atoms with E-state index >= 15 is 0 Å². The monoisotopic (exact) mass is 362 g/mol. The second-order valence-corrected chi connectivity index (χ2v) is 7.77. The van der Waals surface area contributed by atoms with E-state index in [-0.39, 0.29) is 0 Å². The third kappa shape index (κ3) is 2.82. The second-order valence-electron chi connectivity index (χ2n) is 6.57. The van der Waals surface area contributed by atoms with Crippen molar-refractivity contribution in [3.05, 3.63) is 23.2 Å². The van der Waals surface area contributed by atoms with Crippen LogP contribution in [-0.2, 0) is 0 Å². The molecule has 2 aromatic rings. The predicted molar refractivity (Wildman–Crippen MR) is 96.7 cm³/mol. The molecule has 5 nitrogen and oxygen atoms in total. The maximum absolute atomic E-state index is 6.44. The number of thioether (sulfide) groups is 1. The fourth-order valence-electron chi connectivity index (χ4n) is 3.61. The molecule has 24 heavy (non-hydrogen) atoms. The van der Waals surface area contributed by atoms with Gasteiger partial charge in [-0.15, -0.1) is 10.2 Å². The molecule has 1 aliphatic heterocycles. The molecule has 1 spiro atoms. The summed E-state index contributed by atoms with van der Waals surface area (Å²) in [5.74, 6) is 1.13. The summed E-state index contributed by atoms with van der Waals surface area (Å²) in [4.78, 5) is 4.58. The average Bonchev–Trinajstić information content (AvgIpc) is 2.68. The molecule has 0 saturated heterocycles. The van der Waals surface area contributed by atoms with Crippen LogP contribution in [0.3, 0.4) is 0 Å². The fourth-order valence-corrected chi connectivity index (χ4v) is 4.08. The Bertz CT molecular complexity index is 787. The van der Waals surface area contributed by atoms with Crippen LogP contribution in [0.1, 0.15) is 32.6 Å². The van der Waals surface area contributed by atoms with Gasteiger partial charge in [0.2, 0.25) is 11.0 Å².